The van der Waals surface area contributed by atoms with Gasteiger partial charge in [-0.3, -0.25) is 4.79 Å². The van der Waals surface area contributed by atoms with Crippen LogP contribution in [0.4, 0.5) is 0 Å². The summed E-state index contributed by atoms with van der Waals surface area (Å²) in [6.45, 7) is 5.80. The Balaban J connectivity index is 2.03. The average Bonchev–Trinajstić information content (AvgIpc) is 2.59. The van der Waals surface area contributed by atoms with Crippen molar-refractivity contribution in [2.75, 3.05) is 13.2 Å². The van der Waals surface area contributed by atoms with Gasteiger partial charge in [-0.15, -0.1) is 0 Å². The standard InChI is InChI=1S/C20H23NO4/c1-13-9-17(10-14(2)19(13)25-12-18(22)23)20(24)21-11-15(3)16-7-5-4-6-8-16/h4-10,15H,11-12H2,1-3H3,(H,21,24)(H,22,23). The first kappa shape index (κ1) is 18.5. The molecule has 0 aliphatic heterocycles. The molecule has 0 radical (unpaired) electrons. The van der Waals surface area contributed by atoms with E-state index in [1.165, 1.54) is 5.56 Å². The molecule has 5 nitrogen and oxygen atoms in total. The van der Waals surface area contributed by atoms with Crippen molar-refractivity contribution in [1.82, 2.24) is 5.32 Å². The monoisotopic (exact) mass is 341 g/mol. The third kappa shape index (κ3) is 5.08. The van der Waals surface area contributed by atoms with Crippen LogP contribution in [0.2, 0.25) is 0 Å². The molecule has 2 aromatic rings. The molecule has 0 heterocycles. The van der Waals surface area contributed by atoms with Crippen molar-refractivity contribution in [3.63, 3.8) is 0 Å². The minimum absolute atomic E-state index is 0.154. The Morgan fingerprint density at radius 1 is 1.12 bits per heavy atom. The molecule has 2 N–H and O–H groups in total. The summed E-state index contributed by atoms with van der Waals surface area (Å²) in [6, 6.07) is 13.4. The maximum absolute atomic E-state index is 12.4. The molecule has 25 heavy (non-hydrogen) atoms. The van der Waals surface area contributed by atoms with E-state index in [4.69, 9.17) is 9.84 Å². The molecular formula is C20H23NO4. The number of hydrogen-bond acceptors (Lipinski definition) is 3. The molecule has 2 aromatic carbocycles. The Bertz CT molecular complexity index is 733. The maximum atomic E-state index is 12.4. The molecule has 1 amide bonds. The van der Waals surface area contributed by atoms with Gasteiger partial charge in [0.15, 0.2) is 6.61 Å². The third-order valence-electron chi connectivity index (χ3n) is 4.00. The fraction of sp³-hybridized carbons (Fsp3) is 0.300. The van der Waals surface area contributed by atoms with E-state index >= 15 is 0 Å². The molecule has 2 rings (SSSR count). The van der Waals surface area contributed by atoms with Crippen molar-refractivity contribution in [2.45, 2.75) is 26.7 Å². The fourth-order valence-corrected chi connectivity index (χ4v) is 2.69. The molecule has 0 bridgehead atoms. The lowest BCUT2D eigenvalue weighted by Gasteiger charge is -2.15. The van der Waals surface area contributed by atoms with Crippen LogP contribution in [0.5, 0.6) is 5.75 Å². The number of carboxylic acids is 1. The van der Waals surface area contributed by atoms with Gasteiger partial charge in [-0.25, -0.2) is 4.79 Å². The molecule has 0 spiro atoms. The van der Waals surface area contributed by atoms with Gasteiger partial charge in [0.1, 0.15) is 5.75 Å². The predicted octanol–water partition coefficient (Wildman–Crippen LogP) is 3.30. The highest BCUT2D eigenvalue weighted by Gasteiger charge is 2.14. The summed E-state index contributed by atoms with van der Waals surface area (Å²) in [4.78, 5) is 23.1. The van der Waals surface area contributed by atoms with E-state index in [-0.39, 0.29) is 11.8 Å². The first-order valence-electron chi connectivity index (χ1n) is 8.17. The largest absolute Gasteiger partial charge is 0.481 e. The molecule has 0 saturated carbocycles. The Hall–Kier alpha value is -2.82. The van der Waals surface area contributed by atoms with E-state index in [0.29, 0.717) is 17.9 Å². The summed E-state index contributed by atoms with van der Waals surface area (Å²) >= 11 is 0. The van der Waals surface area contributed by atoms with Crippen LogP contribution in [0.1, 0.15) is 39.9 Å². The summed E-state index contributed by atoms with van der Waals surface area (Å²) in [7, 11) is 0. The quantitative estimate of drug-likeness (QED) is 0.810. The fourth-order valence-electron chi connectivity index (χ4n) is 2.69. The van der Waals surface area contributed by atoms with Crippen molar-refractivity contribution in [3.05, 3.63) is 64.7 Å². The Morgan fingerprint density at radius 2 is 1.72 bits per heavy atom. The van der Waals surface area contributed by atoms with Crippen molar-refractivity contribution < 1.29 is 19.4 Å². The van der Waals surface area contributed by atoms with E-state index < -0.39 is 12.6 Å². The zero-order chi connectivity index (χ0) is 18.4. The molecule has 0 aromatic heterocycles. The van der Waals surface area contributed by atoms with Gasteiger partial charge in [0.05, 0.1) is 0 Å². The first-order chi connectivity index (χ1) is 11.9. The molecule has 0 aliphatic rings. The van der Waals surface area contributed by atoms with E-state index in [2.05, 4.69) is 12.2 Å². The number of aryl methyl sites for hydroxylation is 2. The van der Waals surface area contributed by atoms with E-state index in [1.54, 1.807) is 26.0 Å². The van der Waals surface area contributed by atoms with Crippen LogP contribution in [-0.4, -0.2) is 30.1 Å². The minimum atomic E-state index is -1.03. The van der Waals surface area contributed by atoms with Crippen molar-refractivity contribution in [1.29, 1.82) is 0 Å². The number of nitrogens with one attached hydrogen (secondary N) is 1. The Kier molecular flexibility index (Phi) is 6.17. The van der Waals surface area contributed by atoms with Gasteiger partial charge < -0.3 is 15.2 Å². The third-order valence-corrected chi connectivity index (χ3v) is 4.00. The lowest BCUT2D eigenvalue weighted by molar-refractivity contribution is -0.139. The molecule has 132 valence electrons. The molecule has 0 aliphatic carbocycles. The van der Waals surface area contributed by atoms with Gasteiger partial charge >= 0.3 is 5.97 Å². The zero-order valence-electron chi connectivity index (χ0n) is 14.7. The second kappa shape index (κ2) is 8.33. The van der Waals surface area contributed by atoms with Gasteiger partial charge in [0.2, 0.25) is 0 Å². The maximum Gasteiger partial charge on any atom is 0.341 e. The Labute approximate surface area is 147 Å². The predicted molar refractivity (Wildman–Crippen MR) is 96.2 cm³/mol. The smallest absolute Gasteiger partial charge is 0.341 e. The van der Waals surface area contributed by atoms with Crippen LogP contribution in [-0.2, 0) is 4.79 Å². The number of hydrogen-bond donors (Lipinski definition) is 2. The van der Waals surface area contributed by atoms with Crippen LogP contribution in [0.25, 0.3) is 0 Å². The normalized spacial score (nSPS) is 11.6. The highest BCUT2D eigenvalue weighted by molar-refractivity contribution is 5.95. The van der Waals surface area contributed by atoms with Crippen LogP contribution >= 0.6 is 0 Å². The number of carboxylic acid groups (broad SMARTS) is 1. The summed E-state index contributed by atoms with van der Waals surface area (Å²) < 4.78 is 5.29. The highest BCUT2D eigenvalue weighted by Crippen LogP contribution is 2.25. The zero-order valence-corrected chi connectivity index (χ0v) is 14.7. The highest BCUT2D eigenvalue weighted by atomic mass is 16.5. The minimum Gasteiger partial charge on any atom is -0.481 e. The molecule has 0 fully saturated rings. The van der Waals surface area contributed by atoms with Crippen LogP contribution in [0.3, 0.4) is 0 Å². The van der Waals surface area contributed by atoms with Crippen LogP contribution in [0, 0.1) is 13.8 Å². The molecule has 1 unspecified atom stereocenters. The summed E-state index contributed by atoms with van der Waals surface area (Å²) in [6.07, 6.45) is 0. The van der Waals surface area contributed by atoms with Crippen LogP contribution < -0.4 is 10.1 Å². The Morgan fingerprint density at radius 3 is 2.28 bits per heavy atom. The van der Waals surface area contributed by atoms with Gasteiger partial charge in [-0.1, -0.05) is 37.3 Å². The van der Waals surface area contributed by atoms with Crippen LogP contribution in [0.15, 0.2) is 42.5 Å². The first-order valence-corrected chi connectivity index (χ1v) is 8.17. The number of carbonyl (C=O) groups excluding carboxylic acids is 1. The van der Waals surface area contributed by atoms with Gasteiger partial charge in [-0.05, 0) is 48.6 Å². The number of rotatable bonds is 7. The second-order valence-electron chi connectivity index (χ2n) is 6.14. The average molecular weight is 341 g/mol. The van der Waals surface area contributed by atoms with Gasteiger partial charge in [0, 0.05) is 12.1 Å². The molecule has 0 saturated heterocycles. The van der Waals surface area contributed by atoms with E-state index in [9.17, 15) is 9.59 Å². The number of amides is 1. The number of aliphatic carboxylic acids is 1. The molecular weight excluding hydrogens is 318 g/mol. The SMILES string of the molecule is Cc1cc(C(=O)NCC(C)c2ccccc2)cc(C)c1OCC(=O)O. The summed E-state index contributed by atoms with van der Waals surface area (Å²) in [5.41, 5.74) is 3.19. The summed E-state index contributed by atoms with van der Waals surface area (Å²) in [5.74, 6) is -0.462. The second-order valence-corrected chi connectivity index (χ2v) is 6.14. The number of benzene rings is 2. The molecule has 5 heteroatoms. The lowest BCUT2D eigenvalue weighted by atomic mass is 10.0. The van der Waals surface area contributed by atoms with E-state index in [1.807, 2.05) is 30.3 Å². The lowest BCUT2D eigenvalue weighted by Crippen LogP contribution is -2.27. The van der Waals surface area contributed by atoms with Crippen molar-refractivity contribution in [2.24, 2.45) is 0 Å². The van der Waals surface area contributed by atoms with Crippen molar-refractivity contribution in [3.8, 4) is 5.75 Å². The topological polar surface area (TPSA) is 75.6 Å². The van der Waals surface area contributed by atoms with Crippen molar-refractivity contribution >= 4 is 11.9 Å². The summed E-state index contributed by atoms with van der Waals surface area (Å²) in [5, 5.41) is 11.7. The van der Waals surface area contributed by atoms with E-state index in [0.717, 1.165) is 11.1 Å². The molecule has 1 atom stereocenters. The number of ether oxygens (including phenoxy) is 1. The van der Waals surface area contributed by atoms with Gasteiger partial charge in [-0.2, -0.15) is 0 Å². The van der Waals surface area contributed by atoms with Gasteiger partial charge in [0.25, 0.3) is 5.91 Å². The number of carbonyl (C=O) groups is 2.